The van der Waals surface area contributed by atoms with Gasteiger partial charge in [-0.25, -0.2) is 9.78 Å². The van der Waals surface area contributed by atoms with Crippen molar-refractivity contribution in [3.05, 3.63) is 22.9 Å². The predicted octanol–water partition coefficient (Wildman–Crippen LogP) is 1.80. The van der Waals surface area contributed by atoms with Crippen LogP contribution in [0.5, 0.6) is 0 Å². The molecule has 2 heterocycles. The Labute approximate surface area is 125 Å². The van der Waals surface area contributed by atoms with E-state index in [4.69, 9.17) is 4.98 Å². The molecule has 1 aromatic rings. The van der Waals surface area contributed by atoms with Gasteiger partial charge in [0.15, 0.2) is 0 Å². The molecule has 5 heteroatoms. The Morgan fingerprint density at radius 1 is 1.33 bits per heavy atom. The number of piperazine rings is 1. The fourth-order valence-electron chi connectivity index (χ4n) is 3.45. The van der Waals surface area contributed by atoms with Crippen molar-refractivity contribution >= 4 is 11.8 Å². The summed E-state index contributed by atoms with van der Waals surface area (Å²) < 4.78 is 0. The molecule has 2 aliphatic rings. The lowest BCUT2D eigenvalue weighted by molar-refractivity contribution is 0.0696. The fourth-order valence-corrected chi connectivity index (χ4v) is 3.45. The first kappa shape index (κ1) is 14.3. The number of aryl methyl sites for hydroxylation is 2. The quantitative estimate of drug-likeness (QED) is 0.899. The van der Waals surface area contributed by atoms with Crippen molar-refractivity contribution < 1.29 is 9.90 Å². The molecule has 1 atom stereocenters. The van der Waals surface area contributed by atoms with Crippen LogP contribution in [-0.4, -0.2) is 53.7 Å². The molecule has 3 rings (SSSR count). The van der Waals surface area contributed by atoms with E-state index in [2.05, 4.69) is 23.8 Å². The first-order chi connectivity index (χ1) is 10.1. The smallest absolute Gasteiger partial charge is 0.339 e. The molecule has 1 unspecified atom stereocenters. The van der Waals surface area contributed by atoms with Crippen LogP contribution in [0.3, 0.4) is 0 Å². The van der Waals surface area contributed by atoms with Crippen molar-refractivity contribution in [2.24, 2.45) is 0 Å². The van der Waals surface area contributed by atoms with E-state index in [1.165, 1.54) is 0 Å². The highest BCUT2D eigenvalue weighted by Gasteiger charge is 2.28. The number of nitrogens with zero attached hydrogens (tertiary/aromatic N) is 3. The fraction of sp³-hybridized carbons (Fsp3) is 0.625. The van der Waals surface area contributed by atoms with Gasteiger partial charge in [-0.2, -0.15) is 0 Å². The molecule has 5 nitrogen and oxygen atoms in total. The number of rotatable bonds is 2. The number of fused-ring (bicyclic) bond motifs is 1. The van der Waals surface area contributed by atoms with Gasteiger partial charge < -0.3 is 14.9 Å². The first-order valence-corrected chi connectivity index (χ1v) is 7.77. The molecule has 0 aromatic carbocycles. The zero-order valence-corrected chi connectivity index (χ0v) is 12.8. The van der Waals surface area contributed by atoms with E-state index < -0.39 is 5.97 Å². The van der Waals surface area contributed by atoms with Gasteiger partial charge in [0.25, 0.3) is 0 Å². The van der Waals surface area contributed by atoms with Gasteiger partial charge >= 0.3 is 5.97 Å². The second-order valence-corrected chi connectivity index (χ2v) is 6.28. The Morgan fingerprint density at radius 2 is 2.10 bits per heavy atom. The molecule has 114 valence electrons. The van der Waals surface area contributed by atoms with Gasteiger partial charge in [0.05, 0.1) is 0 Å². The Morgan fingerprint density at radius 3 is 2.81 bits per heavy atom. The lowest BCUT2D eigenvalue weighted by Gasteiger charge is -2.40. The lowest BCUT2D eigenvalue weighted by atomic mass is 9.94. The third-order valence-electron chi connectivity index (χ3n) is 4.61. The van der Waals surface area contributed by atoms with Crippen LogP contribution in [0.1, 0.15) is 41.4 Å². The number of hydrogen-bond acceptors (Lipinski definition) is 4. The summed E-state index contributed by atoms with van der Waals surface area (Å²) in [5.41, 5.74) is 2.60. The zero-order valence-electron chi connectivity index (χ0n) is 12.8. The van der Waals surface area contributed by atoms with Crippen LogP contribution in [0.15, 0.2) is 6.07 Å². The molecular formula is C16H23N3O2. The highest BCUT2D eigenvalue weighted by Crippen LogP contribution is 2.28. The van der Waals surface area contributed by atoms with Crippen LogP contribution in [-0.2, 0) is 12.8 Å². The maximum Gasteiger partial charge on any atom is 0.339 e. The Hall–Kier alpha value is -1.62. The molecule has 1 aromatic heterocycles. The van der Waals surface area contributed by atoms with Gasteiger partial charge in [-0.05, 0) is 51.3 Å². The van der Waals surface area contributed by atoms with Crippen molar-refractivity contribution in [1.82, 2.24) is 9.88 Å². The van der Waals surface area contributed by atoms with Crippen LogP contribution < -0.4 is 4.90 Å². The molecule has 21 heavy (non-hydrogen) atoms. The van der Waals surface area contributed by atoms with Gasteiger partial charge in [0.1, 0.15) is 11.4 Å². The van der Waals surface area contributed by atoms with Crippen LogP contribution in [0.4, 0.5) is 5.82 Å². The highest BCUT2D eigenvalue weighted by atomic mass is 16.4. The van der Waals surface area contributed by atoms with Gasteiger partial charge in [-0.15, -0.1) is 0 Å². The maximum absolute atomic E-state index is 11.6. The van der Waals surface area contributed by atoms with Crippen molar-refractivity contribution in [2.75, 3.05) is 31.6 Å². The Balaban J connectivity index is 2.01. The van der Waals surface area contributed by atoms with Gasteiger partial charge in [0.2, 0.25) is 0 Å². The van der Waals surface area contributed by atoms with Crippen molar-refractivity contribution in [1.29, 1.82) is 0 Å². The number of carboxylic acids is 1. The second kappa shape index (κ2) is 5.64. The lowest BCUT2D eigenvalue weighted by Crippen LogP contribution is -2.51. The topological polar surface area (TPSA) is 56.7 Å². The van der Waals surface area contributed by atoms with Crippen molar-refractivity contribution in [3.8, 4) is 0 Å². The summed E-state index contributed by atoms with van der Waals surface area (Å²) in [7, 11) is 2.10. The molecule has 1 fully saturated rings. The van der Waals surface area contributed by atoms with Crippen LogP contribution in [0.25, 0.3) is 0 Å². The van der Waals surface area contributed by atoms with E-state index in [0.717, 1.165) is 56.6 Å². The summed E-state index contributed by atoms with van der Waals surface area (Å²) in [6, 6.07) is 2.15. The van der Waals surface area contributed by atoms with E-state index in [0.29, 0.717) is 11.4 Å². The standard InChI is InChI=1S/C16H23N3O2/c1-11-10-18(2)7-8-19(11)15-13(16(20)21)9-12-5-3-4-6-14(12)17-15/h9,11H,3-8,10H2,1-2H3,(H,20,21). The Bertz CT molecular complexity index is 559. The molecule has 0 amide bonds. The third-order valence-corrected chi connectivity index (χ3v) is 4.61. The first-order valence-electron chi connectivity index (χ1n) is 7.77. The normalized spacial score (nSPS) is 23.0. The molecule has 0 spiro atoms. The monoisotopic (exact) mass is 289 g/mol. The number of pyridine rings is 1. The number of carbonyl (C=O) groups is 1. The number of hydrogen-bond donors (Lipinski definition) is 1. The van der Waals surface area contributed by atoms with E-state index in [-0.39, 0.29) is 6.04 Å². The van der Waals surface area contributed by atoms with Crippen molar-refractivity contribution in [2.45, 2.75) is 38.6 Å². The summed E-state index contributed by atoms with van der Waals surface area (Å²) >= 11 is 0. The molecule has 1 saturated heterocycles. The van der Waals surface area contributed by atoms with E-state index in [9.17, 15) is 9.90 Å². The number of aromatic carboxylic acids is 1. The zero-order chi connectivity index (χ0) is 15.0. The summed E-state index contributed by atoms with van der Waals surface area (Å²) in [6.45, 7) is 4.87. The average Bonchev–Trinajstić information content (AvgIpc) is 2.46. The van der Waals surface area contributed by atoms with Gasteiger partial charge in [-0.1, -0.05) is 0 Å². The number of likely N-dealkylation sites (N-methyl/N-ethyl adjacent to an activating group) is 1. The van der Waals surface area contributed by atoms with Crippen LogP contribution >= 0.6 is 0 Å². The minimum Gasteiger partial charge on any atom is -0.478 e. The summed E-state index contributed by atoms with van der Waals surface area (Å²) in [4.78, 5) is 20.8. The molecule has 1 N–H and O–H groups in total. The minimum absolute atomic E-state index is 0.288. The van der Waals surface area contributed by atoms with E-state index in [1.54, 1.807) is 0 Å². The summed E-state index contributed by atoms with van der Waals surface area (Å²) in [6.07, 6.45) is 4.23. The summed E-state index contributed by atoms with van der Waals surface area (Å²) in [5.74, 6) is -0.194. The number of aromatic nitrogens is 1. The average molecular weight is 289 g/mol. The molecule has 0 saturated carbocycles. The molecule has 0 radical (unpaired) electrons. The second-order valence-electron chi connectivity index (χ2n) is 6.28. The van der Waals surface area contributed by atoms with E-state index >= 15 is 0 Å². The molecule has 1 aliphatic heterocycles. The van der Waals surface area contributed by atoms with Crippen molar-refractivity contribution in [3.63, 3.8) is 0 Å². The van der Waals surface area contributed by atoms with Crippen LogP contribution in [0.2, 0.25) is 0 Å². The molecule has 1 aliphatic carbocycles. The largest absolute Gasteiger partial charge is 0.478 e. The van der Waals surface area contributed by atoms with E-state index in [1.807, 2.05) is 6.07 Å². The Kier molecular flexibility index (Phi) is 3.85. The molecular weight excluding hydrogens is 266 g/mol. The van der Waals surface area contributed by atoms with Gasteiger partial charge in [-0.3, -0.25) is 0 Å². The third kappa shape index (κ3) is 2.75. The highest BCUT2D eigenvalue weighted by molar-refractivity contribution is 5.93. The minimum atomic E-state index is -0.864. The summed E-state index contributed by atoms with van der Waals surface area (Å²) in [5, 5.41) is 9.56. The number of carboxylic acid groups (broad SMARTS) is 1. The van der Waals surface area contributed by atoms with Crippen LogP contribution in [0, 0.1) is 0 Å². The number of anilines is 1. The van der Waals surface area contributed by atoms with Gasteiger partial charge in [0, 0.05) is 31.4 Å². The predicted molar refractivity (Wildman–Crippen MR) is 82.1 cm³/mol. The SMILES string of the molecule is CC1CN(C)CCN1c1nc2c(cc1C(=O)O)CCCC2. The maximum atomic E-state index is 11.6. The molecule has 0 bridgehead atoms.